The first kappa shape index (κ1) is 17.3. The molecule has 0 aliphatic heterocycles. The summed E-state index contributed by atoms with van der Waals surface area (Å²) in [7, 11) is -0.512. The summed E-state index contributed by atoms with van der Waals surface area (Å²) in [4.78, 5) is 0.285. The molecule has 0 bridgehead atoms. The van der Waals surface area contributed by atoms with Gasteiger partial charge in [0, 0.05) is 12.1 Å². The number of sulfonamides is 1. The average molecular weight is 335 g/mol. The summed E-state index contributed by atoms with van der Waals surface area (Å²) in [5.41, 5.74) is 2.08. The van der Waals surface area contributed by atoms with Crippen LogP contribution < -0.4 is 14.2 Å². The molecule has 0 atom stereocenters. The second kappa shape index (κ2) is 7.02. The van der Waals surface area contributed by atoms with E-state index in [9.17, 15) is 8.42 Å². The lowest BCUT2D eigenvalue weighted by molar-refractivity contribution is 0.409. The van der Waals surface area contributed by atoms with Crippen LogP contribution in [0.5, 0.6) is 11.5 Å². The smallest absolute Gasteiger partial charge is 0.241 e. The molecule has 0 saturated heterocycles. The van der Waals surface area contributed by atoms with Crippen molar-refractivity contribution in [3.63, 3.8) is 0 Å². The molecule has 0 unspecified atom stereocenters. The molecule has 0 aliphatic rings. The Balaban J connectivity index is 2.29. The van der Waals surface area contributed by atoms with E-state index in [1.807, 2.05) is 18.2 Å². The van der Waals surface area contributed by atoms with Crippen molar-refractivity contribution in [2.24, 2.45) is 0 Å². The molecule has 0 saturated carbocycles. The molecule has 5 nitrogen and oxygen atoms in total. The van der Waals surface area contributed by atoms with E-state index in [-0.39, 0.29) is 11.4 Å². The van der Waals surface area contributed by atoms with Gasteiger partial charge in [-0.15, -0.1) is 0 Å². The summed E-state index contributed by atoms with van der Waals surface area (Å²) in [6.07, 6.45) is 0. The Kier molecular flexibility index (Phi) is 5.28. The molecule has 0 fully saturated rings. The quantitative estimate of drug-likeness (QED) is 0.882. The minimum atomic E-state index is -3.63. The van der Waals surface area contributed by atoms with Crippen LogP contribution in [0.3, 0.4) is 0 Å². The van der Waals surface area contributed by atoms with Gasteiger partial charge in [-0.1, -0.05) is 18.2 Å². The number of ether oxygens (including phenoxy) is 2. The lowest BCUT2D eigenvalue weighted by Crippen LogP contribution is -2.25. The predicted octanol–water partition coefficient (Wildman–Crippen LogP) is 2.80. The van der Waals surface area contributed by atoms with Crippen molar-refractivity contribution in [3.05, 3.63) is 53.1 Å². The first-order valence-corrected chi connectivity index (χ1v) is 8.64. The maximum Gasteiger partial charge on any atom is 0.241 e. The summed E-state index contributed by atoms with van der Waals surface area (Å²) in [6, 6.07) is 10.7. The van der Waals surface area contributed by atoms with E-state index < -0.39 is 10.0 Å². The Labute approximate surface area is 137 Å². The average Bonchev–Trinajstić information content (AvgIpc) is 2.52. The summed E-state index contributed by atoms with van der Waals surface area (Å²) in [6.45, 7) is 3.68. The van der Waals surface area contributed by atoms with E-state index in [0.717, 1.165) is 5.56 Å². The van der Waals surface area contributed by atoms with Gasteiger partial charge in [-0.05, 0) is 43.2 Å². The highest BCUT2D eigenvalue weighted by molar-refractivity contribution is 7.89. The summed E-state index contributed by atoms with van der Waals surface area (Å²) >= 11 is 0. The fraction of sp³-hybridized carbons (Fsp3) is 0.294. The van der Waals surface area contributed by atoms with E-state index in [2.05, 4.69) is 4.72 Å². The third kappa shape index (κ3) is 3.83. The van der Waals surface area contributed by atoms with Crippen molar-refractivity contribution in [3.8, 4) is 11.5 Å². The molecular formula is C17H21NO4S. The van der Waals surface area contributed by atoms with Gasteiger partial charge in [-0.25, -0.2) is 13.1 Å². The summed E-state index contributed by atoms with van der Waals surface area (Å²) in [5.74, 6) is 1.29. The molecule has 0 heterocycles. The highest BCUT2D eigenvalue weighted by Crippen LogP contribution is 2.26. The van der Waals surface area contributed by atoms with E-state index in [4.69, 9.17) is 9.47 Å². The maximum atomic E-state index is 12.7. The number of methoxy groups -OCH3 is 2. The van der Waals surface area contributed by atoms with Gasteiger partial charge in [0.2, 0.25) is 10.0 Å². The van der Waals surface area contributed by atoms with Crippen molar-refractivity contribution in [1.82, 2.24) is 4.72 Å². The number of hydrogen-bond donors (Lipinski definition) is 1. The van der Waals surface area contributed by atoms with Gasteiger partial charge in [0.05, 0.1) is 19.1 Å². The minimum absolute atomic E-state index is 0.164. The summed E-state index contributed by atoms with van der Waals surface area (Å²) in [5, 5.41) is 0. The fourth-order valence-corrected chi connectivity index (χ4v) is 4.00. The van der Waals surface area contributed by atoms with Gasteiger partial charge in [0.1, 0.15) is 11.5 Å². The van der Waals surface area contributed by atoms with Crippen LogP contribution in [0.25, 0.3) is 0 Å². The second-order valence-electron chi connectivity index (χ2n) is 5.23. The minimum Gasteiger partial charge on any atom is -0.497 e. The highest BCUT2D eigenvalue weighted by Gasteiger charge is 2.20. The van der Waals surface area contributed by atoms with Crippen molar-refractivity contribution in [2.45, 2.75) is 25.3 Å². The van der Waals surface area contributed by atoms with E-state index in [0.29, 0.717) is 22.6 Å². The Bertz CT molecular complexity index is 777. The van der Waals surface area contributed by atoms with Crippen molar-refractivity contribution < 1.29 is 17.9 Å². The molecule has 0 aliphatic carbocycles. The zero-order chi connectivity index (χ0) is 17.0. The zero-order valence-electron chi connectivity index (χ0n) is 13.7. The van der Waals surface area contributed by atoms with Gasteiger partial charge in [0.25, 0.3) is 0 Å². The third-order valence-electron chi connectivity index (χ3n) is 3.58. The standard InChI is InChI=1S/C17H21NO4S/c1-12-9-15(21-3)10-13(2)17(12)23(19,20)18-11-14-7-5-6-8-16(14)22-4/h5-10,18H,11H2,1-4H3. The maximum absolute atomic E-state index is 12.7. The molecule has 124 valence electrons. The van der Waals surface area contributed by atoms with Gasteiger partial charge < -0.3 is 9.47 Å². The topological polar surface area (TPSA) is 64.6 Å². The first-order chi connectivity index (χ1) is 10.9. The largest absolute Gasteiger partial charge is 0.497 e. The molecule has 23 heavy (non-hydrogen) atoms. The molecule has 6 heteroatoms. The number of hydrogen-bond acceptors (Lipinski definition) is 4. The van der Waals surface area contributed by atoms with Crippen LogP contribution in [0.4, 0.5) is 0 Å². The monoisotopic (exact) mass is 335 g/mol. The molecular weight excluding hydrogens is 314 g/mol. The molecule has 0 radical (unpaired) electrons. The molecule has 2 aromatic rings. The third-order valence-corrected chi connectivity index (χ3v) is 5.29. The van der Waals surface area contributed by atoms with Gasteiger partial charge >= 0.3 is 0 Å². The molecule has 0 spiro atoms. The molecule has 2 aromatic carbocycles. The van der Waals surface area contributed by atoms with Crippen LogP contribution in [-0.4, -0.2) is 22.6 Å². The Morgan fingerprint density at radius 3 is 2.17 bits per heavy atom. The number of benzene rings is 2. The fourth-order valence-electron chi connectivity index (χ4n) is 2.55. The Morgan fingerprint density at radius 2 is 1.61 bits per heavy atom. The summed E-state index contributed by atoms with van der Waals surface area (Å²) < 4.78 is 38.4. The molecule has 0 amide bonds. The molecule has 0 aromatic heterocycles. The zero-order valence-corrected chi connectivity index (χ0v) is 14.5. The number of rotatable bonds is 6. The molecule has 2 rings (SSSR count). The first-order valence-electron chi connectivity index (χ1n) is 7.16. The van der Waals surface area contributed by atoms with E-state index >= 15 is 0 Å². The lowest BCUT2D eigenvalue weighted by atomic mass is 10.1. The van der Waals surface area contributed by atoms with Crippen LogP contribution in [0.15, 0.2) is 41.3 Å². The Hall–Kier alpha value is -2.05. The van der Waals surface area contributed by atoms with Gasteiger partial charge in [-0.3, -0.25) is 0 Å². The van der Waals surface area contributed by atoms with Crippen LogP contribution in [0.2, 0.25) is 0 Å². The normalized spacial score (nSPS) is 11.3. The lowest BCUT2D eigenvalue weighted by Gasteiger charge is -2.14. The van der Waals surface area contributed by atoms with Crippen molar-refractivity contribution >= 4 is 10.0 Å². The molecule has 1 N–H and O–H groups in total. The number of nitrogens with one attached hydrogen (secondary N) is 1. The Morgan fingerprint density at radius 1 is 1.00 bits per heavy atom. The van der Waals surface area contributed by atoms with Gasteiger partial charge in [-0.2, -0.15) is 0 Å². The number of para-hydroxylation sites is 1. The van der Waals surface area contributed by atoms with E-state index in [1.165, 1.54) is 0 Å². The second-order valence-corrected chi connectivity index (χ2v) is 6.93. The van der Waals surface area contributed by atoms with Gasteiger partial charge in [0.15, 0.2) is 0 Å². The SMILES string of the molecule is COc1cc(C)c(S(=O)(=O)NCc2ccccc2OC)c(C)c1. The van der Waals surface area contributed by atoms with Crippen LogP contribution in [0, 0.1) is 13.8 Å². The highest BCUT2D eigenvalue weighted by atomic mass is 32.2. The van der Waals surface area contributed by atoms with E-state index in [1.54, 1.807) is 46.3 Å². The van der Waals surface area contributed by atoms with Crippen LogP contribution >= 0.6 is 0 Å². The number of aryl methyl sites for hydroxylation is 2. The van der Waals surface area contributed by atoms with Crippen molar-refractivity contribution in [1.29, 1.82) is 0 Å². The predicted molar refractivity (Wildman–Crippen MR) is 89.5 cm³/mol. The van der Waals surface area contributed by atoms with Crippen LogP contribution in [-0.2, 0) is 16.6 Å². The van der Waals surface area contributed by atoms with Crippen molar-refractivity contribution in [2.75, 3.05) is 14.2 Å². The van der Waals surface area contributed by atoms with Crippen LogP contribution in [0.1, 0.15) is 16.7 Å².